The SMILES string of the molecule is Cc1cc(C)c2oc(-c3ccc(C)c(NC(=S)NC(=O)c4ccc5c(c4)OCO5)c3)nc2c1. The summed E-state index contributed by atoms with van der Waals surface area (Å²) in [6.45, 7) is 6.14. The average molecular weight is 460 g/mol. The third-order valence-corrected chi connectivity index (χ3v) is 5.62. The molecule has 0 atom stereocenters. The lowest BCUT2D eigenvalue weighted by atomic mass is 10.1. The third-order valence-electron chi connectivity index (χ3n) is 5.41. The second-order valence-electron chi connectivity index (χ2n) is 7.96. The van der Waals surface area contributed by atoms with Crippen LogP contribution in [0.2, 0.25) is 0 Å². The summed E-state index contributed by atoms with van der Waals surface area (Å²) in [5.41, 5.74) is 6.71. The van der Waals surface area contributed by atoms with Gasteiger partial charge in [-0.1, -0.05) is 12.1 Å². The van der Waals surface area contributed by atoms with Gasteiger partial charge in [0.2, 0.25) is 12.7 Å². The average Bonchev–Trinajstić information content (AvgIpc) is 3.41. The number of ether oxygens (including phenoxy) is 2. The van der Waals surface area contributed by atoms with Gasteiger partial charge in [-0.2, -0.15) is 0 Å². The van der Waals surface area contributed by atoms with Gasteiger partial charge in [0, 0.05) is 16.8 Å². The van der Waals surface area contributed by atoms with Crippen molar-refractivity contribution < 1.29 is 18.7 Å². The second-order valence-corrected chi connectivity index (χ2v) is 8.36. The molecule has 4 aromatic rings. The molecule has 8 heteroatoms. The number of aryl methyl sites for hydroxylation is 3. The number of carbonyl (C=O) groups is 1. The number of carbonyl (C=O) groups excluding carboxylic acids is 1. The molecule has 0 saturated heterocycles. The van der Waals surface area contributed by atoms with Crippen LogP contribution in [-0.2, 0) is 0 Å². The number of nitrogens with zero attached hydrogens (tertiary/aromatic N) is 1. The highest BCUT2D eigenvalue weighted by molar-refractivity contribution is 7.80. The lowest BCUT2D eigenvalue weighted by Crippen LogP contribution is -2.34. The maximum Gasteiger partial charge on any atom is 0.257 e. The normalized spacial score (nSPS) is 12.1. The fourth-order valence-corrected chi connectivity index (χ4v) is 3.96. The Bertz CT molecular complexity index is 1430. The Kier molecular flexibility index (Phi) is 5.22. The van der Waals surface area contributed by atoms with Crippen LogP contribution in [0.1, 0.15) is 27.0 Å². The van der Waals surface area contributed by atoms with E-state index in [-0.39, 0.29) is 17.8 Å². The molecule has 7 nitrogen and oxygen atoms in total. The Balaban J connectivity index is 1.35. The molecule has 0 radical (unpaired) electrons. The molecule has 2 heterocycles. The number of hydrogen-bond acceptors (Lipinski definition) is 6. The van der Waals surface area contributed by atoms with Crippen LogP contribution in [0.3, 0.4) is 0 Å². The largest absolute Gasteiger partial charge is 0.454 e. The molecular weight excluding hydrogens is 438 g/mol. The Labute approximate surface area is 195 Å². The number of amides is 1. The Hall–Kier alpha value is -3.91. The highest BCUT2D eigenvalue weighted by Crippen LogP contribution is 2.33. The molecule has 1 aliphatic rings. The van der Waals surface area contributed by atoms with E-state index in [0.717, 1.165) is 39.0 Å². The van der Waals surface area contributed by atoms with E-state index < -0.39 is 0 Å². The molecule has 3 aromatic carbocycles. The van der Waals surface area contributed by atoms with Crippen molar-refractivity contribution in [1.29, 1.82) is 0 Å². The lowest BCUT2D eigenvalue weighted by Gasteiger charge is -2.13. The summed E-state index contributed by atoms with van der Waals surface area (Å²) < 4.78 is 16.6. The predicted octanol–water partition coefficient (Wildman–Crippen LogP) is 5.28. The quantitative estimate of drug-likeness (QED) is 0.403. The maximum absolute atomic E-state index is 12.6. The van der Waals surface area contributed by atoms with Crippen LogP contribution < -0.4 is 20.1 Å². The van der Waals surface area contributed by atoms with Crippen molar-refractivity contribution in [2.45, 2.75) is 20.8 Å². The molecule has 166 valence electrons. The third kappa shape index (κ3) is 4.12. The van der Waals surface area contributed by atoms with Crippen molar-refractivity contribution >= 4 is 40.0 Å². The van der Waals surface area contributed by atoms with E-state index in [0.29, 0.717) is 23.0 Å². The van der Waals surface area contributed by atoms with Gasteiger partial charge in [0.25, 0.3) is 5.91 Å². The summed E-state index contributed by atoms with van der Waals surface area (Å²) in [6.07, 6.45) is 0. The van der Waals surface area contributed by atoms with Gasteiger partial charge in [-0.25, -0.2) is 4.98 Å². The molecule has 1 aromatic heterocycles. The van der Waals surface area contributed by atoms with Gasteiger partial charge in [-0.3, -0.25) is 10.1 Å². The molecule has 0 aliphatic carbocycles. The van der Waals surface area contributed by atoms with Gasteiger partial charge in [0.05, 0.1) is 0 Å². The molecule has 1 amide bonds. The molecule has 0 bridgehead atoms. The summed E-state index contributed by atoms with van der Waals surface area (Å²) >= 11 is 5.38. The second kappa shape index (κ2) is 8.22. The summed E-state index contributed by atoms with van der Waals surface area (Å²) in [5, 5.41) is 5.99. The lowest BCUT2D eigenvalue weighted by molar-refractivity contribution is 0.0977. The first-order valence-corrected chi connectivity index (χ1v) is 10.8. The van der Waals surface area contributed by atoms with Crippen LogP contribution in [0.5, 0.6) is 11.5 Å². The fourth-order valence-electron chi connectivity index (χ4n) is 3.76. The van der Waals surface area contributed by atoms with Gasteiger partial charge in [0.15, 0.2) is 22.2 Å². The first kappa shape index (κ1) is 21.0. The molecule has 1 aliphatic heterocycles. The van der Waals surface area contributed by atoms with E-state index in [1.54, 1.807) is 18.2 Å². The minimum Gasteiger partial charge on any atom is -0.454 e. The molecule has 0 spiro atoms. The van der Waals surface area contributed by atoms with Crippen LogP contribution in [0.25, 0.3) is 22.6 Å². The van der Waals surface area contributed by atoms with Crippen molar-refractivity contribution in [3.05, 3.63) is 70.8 Å². The standard InChI is InChI=1S/C25H21N3O4S/c1-13-8-15(3)22-19(9-13)26-24(32-22)17-5-4-14(2)18(10-17)27-25(33)28-23(29)16-6-7-20-21(11-16)31-12-30-20/h4-11H,12H2,1-3H3,(H2,27,28,29,33). The van der Waals surface area contributed by atoms with Crippen molar-refractivity contribution in [1.82, 2.24) is 10.3 Å². The molecule has 0 unspecified atom stereocenters. The predicted molar refractivity (Wildman–Crippen MR) is 130 cm³/mol. The number of oxazole rings is 1. The summed E-state index contributed by atoms with van der Waals surface area (Å²) in [5.74, 6) is 1.33. The van der Waals surface area contributed by atoms with Crippen LogP contribution in [0.15, 0.2) is 52.9 Å². The van der Waals surface area contributed by atoms with Crippen molar-refractivity contribution in [2.75, 3.05) is 12.1 Å². The van der Waals surface area contributed by atoms with Gasteiger partial charge in [-0.15, -0.1) is 0 Å². The summed E-state index contributed by atoms with van der Waals surface area (Å²) in [7, 11) is 0. The Morgan fingerprint density at radius 1 is 0.970 bits per heavy atom. The van der Waals surface area contributed by atoms with Crippen molar-refractivity contribution in [3.63, 3.8) is 0 Å². The first-order chi connectivity index (χ1) is 15.9. The van der Waals surface area contributed by atoms with E-state index in [1.807, 2.05) is 45.0 Å². The molecule has 33 heavy (non-hydrogen) atoms. The first-order valence-electron chi connectivity index (χ1n) is 10.4. The van der Waals surface area contributed by atoms with Crippen LogP contribution in [0.4, 0.5) is 5.69 Å². The number of hydrogen-bond donors (Lipinski definition) is 2. The van der Waals surface area contributed by atoms with E-state index in [4.69, 9.17) is 26.1 Å². The zero-order valence-corrected chi connectivity index (χ0v) is 19.1. The zero-order chi connectivity index (χ0) is 23.1. The maximum atomic E-state index is 12.6. The number of benzene rings is 3. The van der Waals surface area contributed by atoms with Gasteiger partial charge >= 0.3 is 0 Å². The van der Waals surface area contributed by atoms with E-state index in [2.05, 4.69) is 21.7 Å². The molecule has 5 rings (SSSR count). The molecule has 0 fully saturated rings. The monoisotopic (exact) mass is 459 g/mol. The molecular formula is C25H21N3O4S. The number of anilines is 1. The van der Waals surface area contributed by atoms with Gasteiger partial charge < -0.3 is 19.2 Å². The zero-order valence-electron chi connectivity index (χ0n) is 18.3. The summed E-state index contributed by atoms with van der Waals surface area (Å²) in [4.78, 5) is 17.3. The van der Waals surface area contributed by atoms with E-state index in [1.165, 1.54) is 0 Å². The molecule has 2 N–H and O–H groups in total. The van der Waals surface area contributed by atoms with Gasteiger partial charge in [0.1, 0.15) is 5.52 Å². The Morgan fingerprint density at radius 2 is 1.79 bits per heavy atom. The van der Waals surface area contributed by atoms with Crippen molar-refractivity contribution in [3.8, 4) is 23.0 Å². The minimum absolute atomic E-state index is 0.148. The highest BCUT2D eigenvalue weighted by Gasteiger charge is 2.17. The minimum atomic E-state index is -0.343. The number of aromatic nitrogens is 1. The van der Waals surface area contributed by atoms with Crippen LogP contribution in [0, 0.1) is 20.8 Å². The molecule has 0 saturated carbocycles. The van der Waals surface area contributed by atoms with E-state index in [9.17, 15) is 4.79 Å². The Morgan fingerprint density at radius 3 is 2.64 bits per heavy atom. The number of thiocarbonyl (C=S) groups is 1. The highest BCUT2D eigenvalue weighted by atomic mass is 32.1. The van der Waals surface area contributed by atoms with Crippen molar-refractivity contribution in [2.24, 2.45) is 0 Å². The van der Waals surface area contributed by atoms with Crippen LogP contribution >= 0.6 is 12.2 Å². The number of rotatable bonds is 3. The number of nitrogens with one attached hydrogen (secondary N) is 2. The topological polar surface area (TPSA) is 85.6 Å². The fraction of sp³-hybridized carbons (Fsp3) is 0.160. The van der Waals surface area contributed by atoms with Gasteiger partial charge in [-0.05, 0) is 86.1 Å². The van der Waals surface area contributed by atoms with Crippen LogP contribution in [-0.4, -0.2) is 22.8 Å². The number of fused-ring (bicyclic) bond motifs is 2. The smallest absolute Gasteiger partial charge is 0.257 e. The summed E-state index contributed by atoms with van der Waals surface area (Å²) in [6, 6.07) is 14.9. The van der Waals surface area contributed by atoms with E-state index >= 15 is 0 Å².